The van der Waals surface area contributed by atoms with Crippen molar-refractivity contribution in [1.29, 1.82) is 0 Å². The molecule has 2 heterocycles. The van der Waals surface area contributed by atoms with E-state index >= 15 is 0 Å². The fourth-order valence-corrected chi connectivity index (χ4v) is 9.75. The summed E-state index contributed by atoms with van der Waals surface area (Å²) in [6.45, 7) is 0. The number of hydrogen-bond acceptors (Lipinski definition) is 4. The first-order valence-electron chi connectivity index (χ1n) is 21.7. The smallest absolute Gasteiger partial charge is 0.164 e. The molecular formula is C59H40N4. The summed E-state index contributed by atoms with van der Waals surface area (Å²) in [6, 6.07) is 67.8. The van der Waals surface area contributed by atoms with Gasteiger partial charge in [0.1, 0.15) is 0 Å². The third kappa shape index (κ3) is 6.47. The van der Waals surface area contributed by atoms with E-state index in [1.165, 1.54) is 71.6 Å². The first-order chi connectivity index (χ1) is 31.2. The second-order valence-electron chi connectivity index (χ2n) is 16.4. The molecule has 12 rings (SSSR count). The molecule has 4 nitrogen and oxygen atoms in total. The molecular weight excluding hydrogens is 765 g/mol. The molecule has 0 saturated carbocycles. The van der Waals surface area contributed by atoms with Crippen LogP contribution in [0.2, 0.25) is 0 Å². The minimum atomic E-state index is 0.0320. The van der Waals surface area contributed by atoms with Gasteiger partial charge in [0.2, 0.25) is 0 Å². The molecule has 1 atom stereocenters. The highest BCUT2D eigenvalue weighted by molar-refractivity contribution is 6.11. The average molecular weight is 805 g/mol. The van der Waals surface area contributed by atoms with Gasteiger partial charge in [-0.05, 0) is 103 Å². The van der Waals surface area contributed by atoms with Gasteiger partial charge in [-0.15, -0.1) is 0 Å². The maximum absolute atomic E-state index is 5.06. The predicted octanol–water partition coefficient (Wildman–Crippen LogP) is 14.8. The van der Waals surface area contributed by atoms with Gasteiger partial charge in [0, 0.05) is 34.4 Å². The average Bonchev–Trinajstić information content (AvgIpc) is 3.72. The third-order valence-electron chi connectivity index (χ3n) is 12.7. The normalized spacial score (nSPS) is 14.1. The number of nitrogens with zero attached hydrogens (tertiary/aromatic N) is 4. The van der Waals surface area contributed by atoms with Gasteiger partial charge in [0.25, 0.3) is 0 Å². The number of rotatable bonds is 7. The summed E-state index contributed by atoms with van der Waals surface area (Å²) >= 11 is 0. The van der Waals surface area contributed by atoms with E-state index in [1.807, 2.05) is 36.5 Å². The lowest BCUT2D eigenvalue weighted by Crippen LogP contribution is -2.04. The van der Waals surface area contributed by atoms with Crippen LogP contribution in [0.5, 0.6) is 0 Å². The first kappa shape index (κ1) is 36.7. The molecule has 0 fully saturated rings. The quantitative estimate of drug-likeness (QED) is 0.161. The second-order valence-corrected chi connectivity index (χ2v) is 16.4. The Kier molecular flexibility index (Phi) is 9.00. The van der Waals surface area contributed by atoms with Crippen LogP contribution in [0, 0.1) is 0 Å². The van der Waals surface area contributed by atoms with Gasteiger partial charge in [-0.3, -0.25) is 4.98 Å². The Morgan fingerprint density at radius 1 is 0.429 bits per heavy atom. The molecule has 1 unspecified atom stereocenters. The lowest BCUT2D eigenvalue weighted by atomic mass is 9.83. The van der Waals surface area contributed by atoms with Gasteiger partial charge in [-0.25, -0.2) is 15.0 Å². The zero-order valence-electron chi connectivity index (χ0n) is 34.5. The van der Waals surface area contributed by atoms with Crippen LogP contribution in [-0.4, -0.2) is 19.9 Å². The maximum Gasteiger partial charge on any atom is 0.164 e. The van der Waals surface area contributed by atoms with Crippen molar-refractivity contribution in [1.82, 2.24) is 19.9 Å². The van der Waals surface area contributed by atoms with Gasteiger partial charge < -0.3 is 0 Å². The summed E-state index contributed by atoms with van der Waals surface area (Å²) in [6.07, 6.45) is 10.4. The lowest BCUT2D eigenvalue weighted by molar-refractivity contribution is 1.00. The van der Waals surface area contributed by atoms with Crippen LogP contribution in [0.4, 0.5) is 0 Å². The van der Waals surface area contributed by atoms with Crippen LogP contribution >= 0.6 is 0 Å². The summed E-state index contributed by atoms with van der Waals surface area (Å²) in [7, 11) is 0. The fraction of sp³-hybridized carbons (Fsp3) is 0.0508. The van der Waals surface area contributed by atoms with Crippen LogP contribution in [0.3, 0.4) is 0 Å². The van der Waals surface area contributed by atoms with Crippen molar-refractivity contribution in [3.8, 4) is 67.4 Å². The molecule has 2 aliphatic rings. The van der Waals surface area contributed by atoms with E-state index in [1.54, 1.807) is 0 Å². The molecule has 0 spiro atoms. The minimum Gasteiger partial charge on any atom is -0.256 e. The van der Waals surface area contributed by atoms with Crippen molar-refractivity contribution < 1.29 is 0 Å². The molecule has 4 heteroatoms. The standard InChI is InChI=1S/C59H40N4/c1-3-15-41(16-4-1)57-61-58(42-17-5-2-6-18-42)63-59(62-57)43-32-30-40(31-33-43)54-50-23-11-12-24-51(50)55-52(37-44-19-7-8-20-46(44)56(54)55)49-35-34-45(47-21-9-10-22-48(47)49)38-26-28-39(29-27-38)53-25-13-14-36-60-53/h1,3-5,7-37,54H,2,6H2. The number of allylic oxidation sites excluding steroid dienone is 4. The van der Waals surface area contributed by atoms with Crippen LogP contribution in [0.1, 0.15) is 41.3 Å². The van der Waals surface area contributed by atoms with E-state index < -0.39 is 0 Å². The Morgan fingerprint density at radius 3 is 1.83 bits per heavy atom. The van der Waals surface area contributed by atoms with E-state index in [0.717, 1.165) is 40.8 Å². The summed E-state index contributed by atoms with van der Waals surface area (Å²) in [5, 5.41) is 4.97. The van der Waals surface area contributed by atoms with Crippen molar-refractivity contribution in [3.05, 3.63) is 235 Å². The molecule has 0 saturated heterocycles. The summed E-state index contributed by atoms with van der Waals surface area (Å²) in [5.74, 6) is 2.08. The highest BCUT2D eigenvalue weighted by atomic mass is 15.0. The van der Waals surface area contributed by atoms with Gasteiger partial charge in [0.15, 0.2) is 17.5 Å². The zero-order valence-corrected chi connectivity index (χ0v) is 34.5. The first-order valence-corrected chi connectivity index (χ1v) is 21.7. The highest BCUT2D eigenvalue weighted by Gasteiger charge is 2.34. The summed E-state index contributed by atoms with van der Waals surface area (Å²) in [4.78, 5) is 19.6. The molecule has 2 aromatic heterocycles. The van der Waals surface area contributed by atoms with Crippen molar-refractivity contribution in [2.24, 2.45) is 0 Å². The summed E-state index contributed by atoms with van der Waals surface area (Å²) in [5.41, 5.74) is 16.4. The van der Waals surface area contributed by atoms with Crippen molar-refractivity contribution in [2.75, 3.05) is 0 Å². The van der Waals surface area contributed by atoms with Crippen molar-refractivity contribution in [3.63, 3.8) is 0 Å². The Hall–Kier alpha value is -8.08. The third-order valence-corrected chi connectivity index (χ3v) is 12.7. The van der Waals surface area contributed by atoms with Crippen LogP contribution in [0.25, 0.3) is 94.5 Å². The van der Waals surface area contributed by atoms with Crippen LogP contribution in [-0.2, 0) is 0 Å². The van der Waals surface area contributed by atoms with Gasteiger partial charge in [-0.1, -0.05) is 188 Å². The molecule has 0 amide bonds. The van der Waals surface area contributed by atoms with E-state index in [-0.39, 0.29) is 5.92 Å². The number of benzene rings is 8. The Labute approximate surface area is 366 Å². The number of fused-ring (bicyclic) bond motifs is 6. The van der Waals surface area contributed by atoms with Gasteiger partial charge in [0.05, 0.1) is 5.69 Å². The van der Waals surface area contributed by atoms with Crippen molar-refractivity contribution in [2.45, 2.75) is 18.8 Å². The predicted molar refractivity (Wildman–Crippen MR) is 259 cm³/mol. The molecule has 296 valence electrons. The maximum atomic E-state index is 5.06. The molecule has 0 bridgehead atoms. The monoisotopic (exact) mass is 804 g/mol. The zero-order chi connectivity index (χ0) is 41.7. The molecule has 63 heavy (non-hydrogen) atoms. The Balaban J connectivity index is 0.991. The topological polar surface area (TPSA) is 51.6 Å². The van der Waals surface area contributed by atoms with E-state index in [9.17, 15) is 0 Å². The van der Waals surface area contributed by atoms with Crippen molar-refractivity contribution >= 4 is 27.1 Å². The minimum absolute atomic E-state index is 0.0320. The number of pyridine rings is 1. The largest absolute Gasteiger partial charge is 0.256 e. The van der Waals surface area contributed by atoms with Crippen LogP contribution < -0.4 is 0 Å². The Bertz CT molecular complexity index is 3420. The molecule has 0 aliphatic heterocycles. The van der Waals surface area contributed by atoms with Gasteiger partial charge in [-0.2, -0.15) is 0 Å². The molecule has 2 aliphatic carbocycles. The highest BCUT2D eigenvalue weighted by Crippen LogP contribution is 2.55. The molecule has 8 aromatic carbocycles. The molecule has 0 N–H and O–H groups in total. The lowest BCUT2D eigenvalue weighted by Gasteiger charge is -2.20. The molecule has 10 aromatic rings. The van der Waals surface area contributed by atoms with Gasteiger partial charge >= 0.3 is 0 Å². The van der Waals surface area contributed by atoms with E-state index in [2.05, 4.69) is 181 Å². The molecule has 0 radical (unpaired) electrons. The summed E-state index contributed by atoms with van der Waals surface area (Å²) < 4.78 is 0. The number of aromatic nitrogens is 4. The van der Waals surface area contributed by atoms with E-state index in [0.29, 0.717) is 17.5 Å². The number of hydrogen-bond donors (Lipinski definition) is 0. The van der Waals surface area contributed by atoms with Crippen LogP contribution in [0.15, 0.2) is 212 Å². The fourth-order valence-electron chi connectivity index (χ4n) is 9.75. The van der Waals surface area contributed by atoms with E-state index in [4.69, 9.17) is 15.0 Å². The SMILES string of the molecule is C1=CC(c2nc(-c3ccccc3)nc(-c3ccc(C4c5ccccc5-c5c(-c6ccc(-c7ccc(-c8ccccn8)cc7)c7ccccc67)cc6ccccc6c54)cc3)n2)=CCC1. The Morgan fingerprint density at radius 2 is 1.06 bits per heavy atom. The second kappa shape index (κ2) is 15.4.